The number of hydrogen-bond acceptors (Lipinski definition) is 7. The smallest absolute Gasteiger partial charge is 0.410 e. The summed E-state index contributed by atoms with van der Waals surface area (Å²) in [6, 6.07) is -1.22. The molecule has 1 aliphatic heterocycles. The van der Waals surface area contributed by atoms with E-state index in [1.54, 1.807) is 41.5 Å². The fourth-order valence-electron chi connectivity index (χ4n) is 2.70. The van der Waals surface area contributed by atoms with Crippen molar-refractivity contribution in [2.45, 2.75) is 71.2 Å². The molecule has 1 aliphatic rings. The van der Waals surface area contributed by atoms with Crippen molar-refractivity contribution in [3.63, 3.8) is 0 Å². The molecule has 0 aromatic carbocycles. The van der Waals surface area contributed by atoms with E-state index >= 15 is 0 Å². The SMILES string of the molecule is COC(=O)C1NCCN(C(=O)OC(C)(C)C)C1CCNC(=O)OC(C)(C)C. The van der Waals surface area contributed by atoms with Gasteiger partial charge in [-0.05, 0) is 48.0 Å². The van der Waals surface area contributed by atoms with Gasteiger partial charge in [-0.1, -0.05) is 0 Å². The summed E-state index contributed by atoms with van der Waals surface area (Å²) >= 11 is 0. The molecule has 0 bridgehead atoms. The summed E-state index contributed by atoms with van der Waals surface area (Å²) in [6.07, 6.45) is -0.712. The van der Waals surface area contributed by atoms with E-state index in [0.29, 0.717) is 19.5 Å². The van der Waals surface area contributed by atoms with Crippen LogP contribution in [0.5, 0.6) is 0 Å². The lowest BCUT2D eigenvalue weighted by Gasteiger charge is -2.41. The average molecular weight is 387 g/mol. The third-order valence-corrected chi connectivity index (χ3v) is 3.69. The van der Waals surface area contributed by atoms with Crippen LogP contribution in [0.3, 0.4) is 0 Å². The molecule has 27 heavy (non-hydrogen) atoms. The van der Waals surface area contributed by atoms with Crippen LogP contribution in [-0.2, 0) is 19.0 Å². The number of rotatable bonds is 4. The first-order valence-electron chi connectivity index (χ1n) is 9.12. The van der Waals surface area contributed by atoms with Gasteiger partial charge in [0.15, 0.2) is 0 Å². The molecular weight excluding hydrogens is 354 g/mol. The Balaban J connectivity index is 2.81. The van der Waals surface area contributed by atoms with E-state index in [1.165, 1.54) is 12.0 Å². The van der Waals surface area contributed by atoms with Gasteiger partial charge in [0, 0.05) is 19.6 Å². The zero-order valence-corrected chi connectivity index (χ0v) is 17.4. The van der Waals surface area contributed by atoms with Gasteiger partial charge in [0.05, 0.1) is 13.2 Å². The highest BCUT2D eigenvalue weighted by Gasteiger charge is 2.40. The zero-order valence-electron chi connectivity index (χ0n) is 17.4. The number of amides is 2. The van der Waals surface area contributed by atoms with Crippen LogP contribution < -0.4 is 10.6 Å². The molecule has 1 saturated heterocycles. The molecular formula is C18H33N3O6. The lowest BCUT2D eigenvalue weighted by atomic mass is 10.0. The van der Waals surface area contributed by atoms with Gasteiger partial charge >= 0.3 is 18.2 Å². The Kier molecular flexibility index (Phi) is 7.89. The van der Waals surface area contributed by atoms with Crippen molar-refractivity contribution >= 4 is 18.2 Å². The first-order valence-corrected chi connectivity index (χ1v) is 9.12. The standard InChI is InChI=1S/C18H33N3O6/c1-17(2,3)26-15(23)20-9-8-12-13(14(22)25-7)19-10-11-21(12)16(24)27-18(4,5)6/h12-13,19H,8-11H2,1-7H3,(H,20,23). The molecule has 2 N–H and O–H groups in total. The monoisotopic (exact) mass is 387 g/mol. The number of nitrogens with zero attached hydrogens (tertiary/aromatic N) is 1. The fourth-order valence-corrected chi connectivity index (χ4v) is 2.70. The Morgan fingerprint density at radius 1 is 1.07 bits per heavy atom. The minimum Gasteiger partial charge on any atom is -0.468 e. The zero-order chi connectivity index (χ0) is 20.8. The predicted molar refractivity (Wildman–Crippen MR) is 99.4 cm³/mol. The Morgan fingerprint density at radius 2 is 1.67 bits per heavy atom. The number of nitrogens with one attached hydrogen (secondary N) is 2. The van der Waals surface area contributed by atoms with Crippen LogP contribution in [0.1, 0.15) is 48.0 Å². The molecule has 2 amide bonds. The molecule has 1 heterocycles. The van der Waals surface area contributed by atoms with Gasteiger partial charge in [-0.2, -0.15) is 0 Å². The highest BCUT2D eigenvalue weighted by atomic mass is 16.6. The molecule has 0 saturated carbocycles. The lowest BCUT2D eigenvalue weighted by Crippen LogP contribution is -2.63. The average Bonchev–Trinajstić information content (AvgIpc) is 2.50. The Morgan fingerprint density at radius 3 is 2.19 bits per heavy atom. The minimum atomic E-state index is -0.697. The number of alkyl carbamates (subject to hydrolysis) is 1. The summed E-state index contributed by atoms with van der Waals surface area (Å²) in [7, 11) is 1.30. The Labute approximate surface area is 161 Å². The summed E-state index contributed by atoms with van der Waals surface area (Å²) in [6.45, 7) is 11.7. The number of piperazine rings is 1. The lowest BCUT2D eigenvalue weighted by molar-refractivity contribution is -0.146. The van der Waals surface area contributed by atoms with Crippen LogP contribution in [0.25, 0.3) is 0 Å². The van der Waals surface area contributed by atoms with Crippen molar-refractivity contribution in [3.8, 4) is 0 Å². The van der Waals surface area contributed by atoms with Gasteiger partial charge in [-0.25, -0.2) is 9.59 Å². The molecule has 0 radical (unpaired) electrons. The second-order valence-corrected chi connectivity index (χ2v) is 8.41. The quantitative estimate of drug-likeness (QED) is 0.558. The van der Waals surface area contributed by atoms with Crippen LogP contribution in [0.2, 0.25) is 0 Å². The molecule has 156 valence electrons. The van der Waals surface area contributed by atoms with Gasteiger partial charge in [-0.15, -0.1) is 0 Å². The Bertz CT molecular complexity index is 538. The topological polar surface area (TPSA) is 106 Å². The molecule has 2 unspecified atom stereocenters. The molecule has 0 spiro atoms. The third-order valence-electron chi connectivity index (χ3n) is 3.69. The number of carbonyl (C=O) groups is 3. The van der Waals surface area contributed by atoms with Crippen molar-refractivity contribution in [3.05, 3.63) is 0 Å². The molecule has 1 fully saturated rings. The molecule has 9 nitrogen and oxygen atoms in total. The normalized spacial score (nSPS) is 20.6. The van der Waals surface area contributed by atoms with Gasteiger partial charge in [0.1, 0.15) is 17.2 Å². The molecule has 1 rings (SSSR count). The van der Waals surface area contributed by atoms with Crippen molar-refractivity contribution in [1.29, 1.82) is 0 Å². The van der Waals surface area contributed by atoms with E-state index in [1.807, 2.05) is 0 Å². The van der Waals surface area contributed by atoms with Gasteiger partial charge in [-0.3, -0.25) is 4.79 Å². The fraction of sp³-hybridized carbons (Fsp3) is 0.833. The molecule has 9 heteroatoms. The van der Waals surface area contributed by atoms with Crippen LogP contribution in [0.4, 0.5) is 9.59 Å². The predicted octanol–water partition coefficient (Wildman–Crippen LogP) is 1.65. The summed E-state index contributed by atoms with van der Waals surface area (Å²) in [5.41, 5.74) is -1.25. The molecule has 0 aromatic heterocycles. The number of hydrogen-bond donors (Lipinski definition) is 2. The Hall–Kier alpha value is -2.03. The first kappa shape index (κ1) is 23.0. The van der Waals surface area contributed by atoms with Gasteiger partial charge in [0.2, 0.25) is 0 Å². The van der Waals surface area contributed by atoms with Crippen molar-refractivity contribution < 1.29 is 28.6 Å². The minimum absolute atomic E-state index is 0.230. The van der Waals surface area contributed by atoms with Crippen molar-refractivity contribution in [2.24, 2.45) is 0 Å². The summed E-state index contributed by atoms with van der Waals surface area (Å²) < 4.78 is 15.5. The van der Waals surface area contributed by atoms with Crippen LogP contribution in [0, 0.1) is 0 Å². The van der Waals surface area contributed by atoms with Gasteiger partial charge in [0.25, 0.3) is 0 Å². The van der Waals surface area contributed by atoms with E-state index in [-0.39, 0.29) is 6.54 Å². The number of ether oxygens (including phenoxy) is 3. The number of carbonyl (C=O) groups excluding carboxylic acids is 3. The molecule has 0 aromatic rings. The highest BCUT2D eigenvalue weighted by Crippen LogP contribution is 2.19. The summed E-state index contributed by atoms with van der Waals surface area (Å²) in [4.78, 5) is 38.1. The van der Waals surface area contributed by atoms with E-state index in [2.05, 4.69) is 10.6 Å². The van der Waals surface area contributed by atoms with Crippen molar-refractivity contribution in [2.75, 3.05) is 26.7 Å². The van der Waals surface area contributed by atoms with Crippen LogP contribution >= 0.6 is 0 Å². The van der Waals surface area contributed by atoms with E-state index in [9.17, 15) is 14.4 Å². The summed E-state index contributed by atoms with van der Waals surface area (Å²) in [5, 5.41) is 5.73. The van der Waals surface area contributed by atoms with E-state index in [4.69, 9.17) is 14.2 Å². The van der Waals surface area contributed by atoms with Crippen molar-refractivity contribution in [1.82, 2.24) is 15.5 Å². The van der Waals surface area contributed by atoms with Crippen LogP contribution in [-0.4, -0.2) is 73.1 Å². The largest absolute Gasteiger partial charge is 0.468 e. The number of methoxy groups -OCH3 is 1. The van der Waals surface area contributed by atoms with E-state index < -0.39 is 41.4 Å². The highest BCUT2D eigenvalue weighted by molar-refractivity contribution is 5.78. The maximum Gasteiger partial charge on any atom is 0.410 e. The van der Waals surface area contributed by atoms with Gasteiger partial charge < -0.3 is 29.7 Å². The second-order valence-electron chi connectivity index (χ2n) is 8.41. The maximum atomic E-state index is 12.6. The van der Waals surface area contributed by atoms with E-state index in [0.717, 1.165) is 0 Å². The molecule has 2 atom stereocenters. The second kappa shape index (κ2) is 9.25. The first-order chi connectivity index (χ1) is 12.3. The summed E-state index contributed by atoms with van der Waals surface area (Å²) in [5.74, 6) is -0.467. The number of esters is 1. The maximum absolute atomic E-state index is 12.6. The van der Waals surface area contributed by atoms with Crippen LogP contribution in [0.15, 0.2) is 0 Å². The third kappa shape index (κ3) is 8.03. The molecule has 0 aliphatic carbocycles.